The minimum atomic E-state index is -0.287. The largest absolute Gasteiger partial charge is 0.469 e. The fraction of sp³-hybridized carbons (Fsp3) is 0.200. The van der Waals surface area contributed by atoms with E-state index in [0.29, 0.717) is 5.39 Å². The number of benzene rings is 1. The van der Waals surface area contributed by atoms with E-state index in [1.54, 1.807) is 24.3 Å². The molecule has 0 spiro atoms. The molecule has 0 unspecified atom stereocenters. The smallest absolute Gasteiger partial charge is 0.309 e. The number of pyridine rings is 1. The average Bonchev–Trinajstić information content (AvgIpc) is 2.39. The highest BCUT2D eigenvalue weighted by Gasteiger charge is 2.00. The van der Waals surface area contributed by atoms with E-state index in [4.69, 9.17) is 0 Å². The predicted molar refractivity (Wildman–Crippen MR) is 75.0 cm³/mol. The molecule has 0 amide bonds. The highest BCUT2D eigenvalue weighted by Crippen LogP contribution is 2.12. The quantitative estimate of drug-likeness (QED) is 0.859. The average molecular weight is 257 g/mol. The molecule has 2 rings (SSSR count). The molecule has 98 valence electrons. The zero-order chi connectivity index (χ0) is 13.8. The zero-order valence-corrected chi connectivity index (χ0v) is 10.9. The summed E-state index contributed by atoms with van der Waals surface area (Å²) < 4.78 is 4.55. The lowest BCUT2D eigenvalue weighted by Gasteiger charge is -2.01. The van der Waals surface area contributed by atoms with Gasteiger partial charge in [-0.3, -0.25) is 9.59 Å². The lowest BCUT2D eigenvalue weighted by atomic mass is 10.1. The van der Waals surface area contributed by atoms with Crippen molar-refractivity contribution < 1.29 is 9.53 Å². The van der Waals surface area contributed by atoms with Crippen molar-refractivity contribution in [3.05, 3.63) is 51.8 Å². The number of hydrogen-bond donors (Lipinski definition) is 1. The number of fused-ring (bicyclic) bond motifs is 1. The summed E-state index contributed by atoms with van der Waals surface area (Å²) in [6.45, 7) is 1.85. The van der Waals surface area contributed by atoms with Crippen molar-refractivity contribution in [3.63, 3.8) is 0 Å². The van der Waals surface area contributed by atoms with Crippen molar-refractivity contribution in [2.45, 2.75) is 13.3 Å². The Morgan fingerprint density at radius 1 is 1.37 bits per heavy atom. The van der Waals surface area contributed by atoms with Crippen LogP contribution in [0, 0.1) is 6.92 Å². The van der Waals surface area contributed by atoms with E-state index in [9.17, 15) is 9.59 Å². The molecule has 0 fully saturated rings. The standard InChI is InChI=1S/C15H15NO3/c1-10-8-14(17)12-9-11(6-7-13(12)16-10)4-3-5-15(18)19-2/h3-4,6-9H,5H2,1-2H3,(H,16,17). The van der Waals surface area contributed by atoms with Crippen molar-refractivity contribution in [2.24, 2.45) is 0 Å². The van der Waals surface area contributed by atoms with Gasteiger partial charge in [-0.15, -0.1) is 0 Å². The maximum atomic E-state index is 11.9. The summed E-state index contributed by atoms with van der Waals surface area (Å²) in [5.74, 6) is -0.287. The first kappa shape index (κ1) is 13.1. The molecule has 1 heterocycles. The van der Waals surface area contributed by atoms with Crippen molar-refractivity contribution in [3.8, 4) is 0 Å². The number of carbonyl (C=O) groups is 1. The maximum absolute atomic E-state index is 11.9. The lowest BCUT2D eigenvalue weighted by molar-refractivity contribution is -0.139. The molecule has 0 saturated carbocycles. The van der Waals surface area contributed by atoms with E-state index in [2.05, 4.69) is 9.72 Å². The second kappa shape index (κ2) is 5.52. The molecule has 0 aliphatic rings. The number of H-pyrrole nitrogens is 1. The Morgan fingerprint density at radius 2 is 2.16 bits per heavy atom. The summed E-state index contributed by atoms with van der Waals surface area (Å²) in [4.78, 5) is 26.0. The van der Waals surface area contributed by atoms with Gasteiger partial charge >= 0.3 is 5.97 Å². The third kappa shape index (κ3) is 3.10. The first-order valence-corrected chi connectivity index (χ1v) is 5.97. The molecule has 4 heteroatoms. The van der Waals surface area contributed by atoms with Crippen LogP contribution in [0.1, 0.15) is 17.7 Å². The van der Waals surface area contributed by atoms with Crippen LogP contribution in [0.15, 0.2) is 35.1 Å². The Morgan fingerprint density at radius 3 is 2.89 bits per heavy atom. The fourth-order valence-corrected chi connectivity index (χ4v) is 1.88. The second-order valence-electron chi connectivity index (χ2n) is 4.30. The van der Waals surface area contributed by atoms with Gasteiger partial charge in [0.05, 0.1) is 13.5 Å². The van der Waals surface area contributed by atoms with Crippen molar-refractivity contribution >= 4 is 22.9 Å². The fourth-order valence-electron chi connectivity index (χ4n) is 1.88. The minimum Gasteiger partial charge on any atom is -0.469 e. The summed E-state index contributed by atoms with van der Waals surface area (Å²) >= 11 is 0. The van der Waals surface area contributed by atoms with Crippen LogP contribution >= 0.6 is 0 Å². The molecule has 4 nitrogen and oxygen atoms in total. The molecule has 2 aromatic rings. The lowest BCUT2D eigenvalue weighted by Crippen LogP contribution is -2.02. The summed E-state index contributed by atoms with van der Waals surface area (Å²) in [6.07, 6.45) is 3.74. The van der Waals surface area contributed by atoms with Crippen LogP contribution in [0.5, 0.6) is 0 Å². The van der Waals surface area contributed by atoms with Crippen LogP contribution in [0.25, 0.3) is 17.0 Å². The minimum absolute atomic E-state index is 0.00512. The normalized spacial score (nSPS) is 11.1. The van der Waals surface area contributed by atoms with Gasteiger partial charge in [0, 0.05) is 22.7 Å². The van der Waals surface area contributed by atoms with Crippen LogP contribution in [-0.4, -0.2) is 18.1 Å². The Balaban J connectivity index is 2.32. The number of aryl methyl sites for hydroxylation is 1. The number of hydrogen-bond acceptors (Lipinski definition) is 3. The zero-order valence-electron chi connectivity index (χ0n) is 10.9. The maximum Gasteiger partial charge on any atom is 0.309 e. The van der Waals surface area contributed by atoms with E-state index in [-0.39, 0.29) is 17.8 Å². The summed E-state index contributed by atoms with van der Waals surface area (Å²) in [7, 11) is 1.36. The predicted octanol–water partition coefficient (Wildman–Crippen LogP) is 2.41. The van der Waals surface area contributed by atoms with E-state index < -0.39 is 0 Å². The van der Waals surface area contributed by atoms with Crippen LogP contribution in [-0.2, 0) is 9.53 Å². The number of esters is 1. The molecule has 1 aromatic carbocycles. The number of nitrogens with one attached hydrogen (secondary N) is 1. The molecule has 0 radical (unpaired) electrons. The Hall–Kier alpha value is -2.36. The van der Waals surface area contributed by atoms with E-state index in [1.165, 1.54) is 7.11 Å². The van der Waals surface area contributed by atoms with Gasteiger partial charge in [-0.25, -0.2) is 0 Å². The Labute approximate surface area is 110 Å². The van der Waals surface area contributed by atoms with Crippen LogP contribution < -0.4 is 5.43 Å². The van der Waals surface area contributed by atoms with Gasteiger partial charge in [0.1, 0.15) is 0 Å². The second-order valence-corrected chi connectivity index (χ2v) is 4.30. The van der Waals surface area contributed by atoms with E-state index in [0.717, 1.165) is 16.8 Å². The van der Waals surface area contributed by atoms with Gasteiger partial charge in [-0.1, -0.05) is 18.2 Å². The summed E-state index contributed by atoms with van der Waals surface area (Å²) in [5, 5.41) is 0.644. The SMILES string of the molecule is COC(=O)CC=Cc1ccc2[nH]c(C)cc(=O)c2c1. The van der Waals surface area contributed by atoms with E-state index >= 15 is 0 Å². The number of rotatable bonds is 3. The first-order valence-electron chi connectivity index (χ1n) is 5.97. The Kier molecular flexibility index (Phi) is 3.80. The number of methoxy groups -OCH3 is 1. The molecule has 0 aliphatic carbocycles. The molecule has 19 heavy (non-hydrogen) atoms. The molecule has 0 aliphatic heterocycles. The van der Waals surface area contributed by atoms with Crippen LogP contribution in [0.2, 0.25) is 0 Å². The van der Waals surface area contributed by atoms with Gasteiger partial charge in [0.2, 0.25) is 0 Å². The topological polar surface area (TPSA) is 59.2 Å². The molecule has 0 bridgehead atoms. The highest BCUT2D eigenvalue weighted by molar-refractivity contribution is 5.81. The van der Waals surface area contributed by atoms with Gasteiger partial charge in [-0.05, 0) is 24.6 Å². The molecular weight excluding hydrogens is 242 g/mol. The van der Waals surface area contributed by atoms with Crippen LogP contribution in [0.4, 0.5) is 0 Å². The van der Waals surface area contributed by atoms with Crippen molar-refractivity contribution in [1.29, 1.82) is 0 Å². The molecule has 0 saturated heterocycles. The molecule has 0 atom stereocenters. The molecule has 1 aromatic heterocycles. The molecule has 1 N–H and O–H groups in total. The van der Waals surface area contributed by atoms with Gasteiger partial charge < -0.3 is 9.72 Å². The van der Waals surface area contributed by atoms with Crippen LogP contribution in [0.3, 0.4) is 0 Å². The van der Waals surface area contributed by atoms with Crippen molar-refractivity contribution in [2.75, 3.05) is 7.11 Å². The number of aromatic amines is 1. The number of aromatic nitrogens is 1. The summed E-state index contributed by atoms with van der Waals surface area (Å²) in [5.41, 5.74) is 2.53. The third-order valence-electron chi connectivity index (χ3n) is 2.81. The van der Waals surface area contributed by atoms with E-state index in [1.807, 2.05) is 19.1 Å². The van der Waals surface area contributed by atoms with Crippen molar-refractivity contribution in [1.82, 2.24) is 4.98 Å². The van der Waals surface area contributed by atoms with Gasteiger partial charge in [0.15, 0.2) is 5.43 Å². The highest BCUT2D eigenvalue weighted by atomic mass is 16.5. The first-order chi connectivity index (χ1) is 9.10. The molecular formula is C15H15NO3. The third-order valence-corrected chi connectivity index (χ3v) is 2.81. The monoisotopic (exact) mass is 257 g/mol. The number of carbonyl (C=O) groups excluding carboxylic acids is 1. The Bertz CT molecular complexity index is 698. The number of ether oxygens (including phenoxy) is 1. The summed E-state index contributed by atoms with van der Waals surface area (Å²) in [6, 6.07) is 7.14. The van der Waals surface area contributed by atoms with Gasteiger partial charge in [-0.2, -0.15) is 0 Å². The van der Waals surface area contributed by atoms with Gasteiger partial charge in [0.25, 0.3) is 0 Å².